The zero-order valence-electron chi connectivity index (χ0n) is 11.1. The second-order valence-electron chi connectivity index (χ2n) is 4.80. The summed E-state index contributed by atoms with van der Waals surface area (Å²) < 4.78 is 0. The van der Waals surface area contributed by atoms with Gasteiger partial charge in [-0.25, -0.2) is 4.79 Å². The molecule has 0 fully saturated rings. The van der Waals surface area contributed by atoms with Crippen LogP contribution in [0, 0.1) is 0 Å². The molecule has 1 aliphatic heterocycles. The lowest BCUT2D eigenvalue weighted by Gasteiger charge is -2.29. The van der Waals surface area contributed by atoms with Gasteiger partial charge < -0.3 is 10.0 Å². The minimum Gasteiger partial charge on any atom is -0.478 e. The van der Waals surface area contributed by atoms with Crippen molar-refractivity contribution in [3.63, 3.8) is 0 Å². The molecule has 1 aliphatic rings. The van der Waals surface area contributed by atoms with Crippen LogP contribution in [0.1, 0.15) is 25.0 Å². The molecule has 0 atom stereocenters. The highest BCUT2D eigenvalue weighted by Gasteiger charge is 2.23. The first-order chi connectivity index (χ1) is 9.00. The van der Waals surface area contributed by atoms with Gasteiger partial charge in [0.25, 0.3) is 0 Å². The topological polar surface area (TPSA) is 57.6 Å². The number of rotatable bonds is 2. The molecule has 100 valence electrons. The van der Waals surface area contributed by atoms with E-state index in [0.29, 0.717) is 18.7 Å². The van der Waals surface area contributed by atoms with Gasteiger partial charge in [-0.1, -0.05) is 24.3 Å². The monoisotopic (exact) mass is 259 g/mol. The van der Waals surface area contributed by atoms with Crippen LogP contribution in [-0.2, 0) is 22.6 Å². The normalized spacial score (nSPS) is 15.6. The van der Waals surface area contributed by atoms with Gasteiger partial charge in [-0.05, 0) is 31.4 Å². The third kappa shape index (κ3) is 2.67. The Morgan fingerprint density at radius 3 is 2.37 bits per heavy atom. The summed E-state index contributed by atoms with van der Waals surface area (Å²) in [5, 5.41) is 8.93. The highest BCUT2D eigenvalue weighted by molar-refractivity contribution is 6.01. The van der Waals surface area contributed by atoms with Crippen molar-refractivity contribution in [3.05, 3.63) is 46.5 Å². The van der Waals surface area contributed by atoms with E-state index >= 15 is 0 Å². The molecule has 0 saturated heterocycles. The van der Waals surface area contributed by atoms with Gasteiger partial charge in [0, 0.05) is 24.2 Å². The van der Waals surface area contributed by atoms with E-state index in [-0.39, 0.29) is 11.5 Å². The highest BCUT2D eigenvalue weighted by Crippen LogP contribution is 2.20. The van der Waals surface area contributed by atoms with Gasteiger partial charge in [0.2, 0.25) is 5.91 Å². The van der Waals surface area contributed by atoms with E-state index in [9.17, 15) is 9.59 Å². The van der Waals surface area contributed by atoms with E-state index < -0.39 is 5.97 Å². The summed E-state index contributed by atoms with van der Waals surface area (Å²) in [6, 6.07) is 8.04. The van der Waals surface area contributed by atoms with Crippen LogP contribution in [0.3, 0.4) is 0 Å². The molecule has 0 aliphatic carbocycles. The molecule has 0 bridgehead atoms. The number of nitrogens with zero attached hydrogens (tertiary/aromatic N) is 1. The first-order valence-corrected chi connectivity index (χ1v) is 6.27. The van der Waals surface area contributed by atoms with Crippen LogP contribution in [0.2, 0.25) is 0 Å². The maximum Gasteiger partial charge on any atom is 0.331 e. The zero-order chi connectivity index (χ0) is 14.0. The number of carbonyl (C=O) groups excluding carboxylic acids is 1. The van der Waals surface area contributed by atoms with E-state index in [1.54, 1.807) is 11.8 Å². The molecule has 1 N–H and O–H groups in total. The lowest BCUT2D eigenvalue weighted by molar-refractivity contribution is -0.134. The van der Waals surface area contributed by atoms with Crippen molar-refractivity contribution in [2.75, 3.05) is 6.54 Å². The van der Waals surface area contributed by atoms with Crippen molar-refractivity contribution in [2.45, 2.75) is 26.8 Å². The molecule has 1 heterocycles. The first kappa shape index (κ1) is 13.3. The highest BCUT2D eigenvalue weighted by atomic mass is 16.4. The van der Waals surface area contributed by atoms with Crippen molar-refractivity contribution in [1.29, 1.82) is 0 Å². The summed E-state index contributed by atoms with van der Waals surface area (Å²) in [7, 11) is 0. The molecule has 0 saturated carbocycles. The molecule has 1 amide bonds. The van der Waals surface area contributed by atoms with Crippen LogP contribution in [0.5, 0.6) is 0 Å². The fourth-order valence-corrected chi connectivity index (χ4v) is 2.23. The number of carboxylic acids is 1. The molecule has 0 radical (unpaired) electrons. The lowest BCUT2D eigenvalue weighted by Crippen LogP contribution is -2.36. The molecular formula is C15H17NO3. The Bertz CT molecular complexity index is 560. The summed E-state index contributed by atoms with van der Waals surface area (Å²) in [6.45, 7) is 4.24. The predicted molar refractivity (Wildman–Crippen MR) is 71.6 cm³/mol. The Balaban J connectivity index is 2.20. The number of aliphatic carboxylic acids is 1. The van der Waals surface area contributed by atoms with Crippen LogP contribution in [0.25, 0.3) is 0 Å². The Hall–Kier alpha value is -2.10. The van der Waals surface area contributed by atoms with E-state index in [4.69, 9.17) is 5.11 Å². The fraction of sp³-hybridized carbons (Fsp3) is 0.333. The van der Waals surface area contributed by atoms with Crippen molar-refractivity contribution in [1.82, 2.24) is 4.90 Å². The number of fused-ring (bicyclic) bond motifs is 1. The van der Waals surface area contributed by atoms with Crippen LogP contribution in [-0.4, -0.2) is 28.4 Å². The standard InChI is InChI=1S/C15H17NO3/c1-10(11(2)15(18)19)14(17)16-8-7-12-5-3-4-6-13(12)9-16/h3-6H,7-9H2,1-2H3,(H,18,19)/b11-10-. The van der Waals surface area contributed by atoms with Gasteiger partial charge in [0.15, 0.2) is 0 Å². The Morgan fingerprint density at radius 2 is 1.74 bits per heavy atom. The minimum atomic E-state index is -1.04. The Morgan fingerprint density at radius 1 is 1.11 bits per heavy atom. The van der Waals surface area contributed by atoms with Gasteiger partial charge in [-0.3, -0.25) is 4.79 Å². The van der Waals surface area contributed by atoms with E-state index in [2.05, 4.69) is 6.07 Å². The number of carbonyl (C=O) groups is 2. The van der Waals surface area contributed by atoms with Crippen LogP contribution < -0.4 is 0 Å². The van der Waals surface area contributed by atoms with E-state index in [0.717, 1.165) is 12.0 Å². The number of benzene rings is 1. The molecule has 0 unspecified atom stereocenters. The number of amides is 1. The molecule has 1 aromatic carbocycles. The van der Waals surface area contributed by atoms with Gasteiger partial charge >= 0.3 is 5.97 Å². The maximum absolute atomic E-state index is 12.3. The first-order valence-electron chi connectivity index (χ1n) is 6.27. The summed E-state index contributed by atoms with van der Waals surface area (Å²) in [4.78, 5) is 24.9. The zero-order valence-corrected chi connectivity index (χ0v) is 11.1. The molecule has 2 rings (SSSR count). The average Bonchev–Trinajstić information content (AvgIpc) is 2.44. The average molecular weight is 259 g/mol. The molecule has 1 aromatic rings. The molecule has 0 aromatic heterocycles. The SMILES string of the molecule is C/C(C(=O)O)=C(\C)C(=O)N1CCc2ccccc2C1. The fourth-order valence-electron chi connectivity index (χ4n) is 2.23. The summed E-state index contributed by atoms with van der Waals surface area (Å²) in [5.41, 5.74) is 2.83. The number of hydrogen-bond donors (Lipinski definition) is 1. The second kappa shape index (κ2) is 5.26. The van der Waals surface area contributed by atoms with Crippen LogP contribution in [0.4, 0.5) is 0 Å². The second-order valence-corrected chi connectivity index (χ2v) is 4.80. The Kier molecular flexibility index (Phi) is 3.69. The largest absolute Gasteiger partial charge is 0.478 e. The molecule has 4 heteroatoms. The van der Waals surface area contributed by atoms with Crippen LogP contribution in [0.15, 0.2) is 35.4 Å². The quantitative estimate of drug-likeness (QED) is 0.826. The lowest BCUT2D eigenvalue weighted by atomic mass is 9.99. The van der Waals surface area contributed by atoms with Gasteiger partial charge in [-0.15, -0.1) is 0 Å². The van der Waals surface area contributed by atoms with Crippen LogP contribution >= 0.6 is 0 Å². The minimum absolute atomic E-state index is 0.115. The van der Waals surface area contributed by atoms with Gasteiger partial charge in [-0.2, -0.15) is 0 Å². The summed E-state index contributed by atoms with van der Waals surface area (Å²) >= 11 is 0. The molecule has 4 nitrogen and oxygen atoms in total. The Labute approximate surface area is 112 Å². The smallest absolute Gasteiger partial charge is 0.331 e. The summed E-state index contributed by atoms with van der Waals surface area (Å²) in [5.74, 6) is -1.22. The van der Waals surface area contributed by atoms with Crippen molar-refractivity contribution >= 4 is 11.9 Å². The van der Waals surface area contributed by atoms with E-state index in [1.807, 2.05) is 18.2 Å². The van der Waals surface area contributed by atoms with Crippen molar-refractivity contribution in [2.24, 2.45) is 0 Å². The number of carboxylic acid groups (broad SMARTS) is 1. The molecule has 19 heavy (non-hydrogen) atoms. The van der Waals surface area contributed by atoms with E-state index in [1.165, 1.54) is 12.5 Å². The van der Waals surface area contributed by atoms with Gasteiger partial charge in [0.05, 0.1) is 0 Å². The van der Waals surface area contributed by atoms with Crippen molar-refractivity contribution < 1.29 is 14.7 Å². The third-order valence-corrected chi connectivity index (χ3v) is 3.62. The summed E-state index contributed by atoms with van der Waals surface area (Å²) in [6.07, 6.45) is 0.821. The predicted octanol–water partition coefficient (Wildman–Crippen LogP) is 1.99. The molecule has 0 spiro atoms. The maximum atomic E-state index is 12.3. The third-order valence-electron chi connectivity index (χ3n) is 3.62. The van der Waals surface area contributed by atoms with Gasteiger partial charge in [0.1, 0.15) is 0 Å². The molecular weight excluding hydrogens is 242 g/mol. The van der Waals surface area contributed by atoms with Crippen molar-refractivity contribution in [3.8, 4) is 0 Å². The number of hydrogen-bond acceptors (Lipinski definition) is 2.